The van der Waals surface area contributed by atoms with Crippen LogP contribution in [0.4, 0.5) is 5.82 Å². The SMILES string of the molecule is Cc1cc(N)nc(C)c1CNC(=O)c1cnn(C(C)c2ccccc2)c1. The molecule has 0 bridgehead atoms. The van der Waals surface area contributed by atoms with E-state index >= 15 is 0 Å². The molecular weight excluding hydrogens is 326 g/mol. The summed E-state index contributed by atoms with van der Waals surface area (Å²) in [6.45, 7) is 6.32. The molecule has 0 saturated carbocycles. The Hall–Kier alpha value is -3.15. The summed E-state index contributed by atoms with van der Waals surface area (Å²) in [6, 6.07) is 11.9. The first-order chi connectivity index (χ1) is 12.5. The Bertz CT molecular complexity index is 894. The average Bonchev–Trinajstić information content (AvgIpc) is 3.11. The highest BCUT2D eigenvalue weighted by atomic mass is 16.1. The van der Waals surface area contributed by atoms with Crippen molar-refractivity contribution in [2.45, 2.75) is 33.4 Å². The van der Waals surface area contributed by atoms with Gasteiger partial charge in [-0.1, -0.05) is 30.3 Å². The minimum atomic E-state index is -0.160. The van der Waals surface area contributed by atoms with Crippen molar-refractivity contribution in [1.29, 1.82) is 0 Å². The second kappa shape index (κ2) is 7.39. The predicted octanol–water partition coefficient (Wildman–Crippen LogP) is 3.02. The van der Waals surface area contributed by atoms with E-state index in [4.69, 9.17) is 5.73 Å². The van der Waals surface area contributed by atoms with Crippen LogP contribution in [0.3, 0.4) is 0 Å². The van der Waals surface area contributed by atoms with E-state index in [0.29, 0.717) is 17.9 Å². The molecule has 6 heteroatoms. The third-order valence-electron chi connectivity index (χ3n) is 4.54. The number of aromatic nitrogens is 3. The normalized spacial score (nSPS) is 12.0. The fourth-order valence-corrected chi connectivity index (χ4v) is 2.98. The molecule has 2 heterocycles. The highest BCUT2D eigenvalue weighted by molar-refractivity contribution is 5.93. The largest absolute Gasteiger partial charge is 0.384 e. The summed E-state index contributed by atoms with van der Waals surface area (Å²) in [4.78, 5) is 16.7. The average molecular weight is 349 g/mol. The van der Waals surface area contributed by atoms with Crippen LogP contribution in [0.5, 0.6) is 0 Å². The van der Waals surface area contributed by atoms with Gasteiger partial charge in [-0.15, -0.1) is 0 Å². The van der Waals surface area contributed by atoms with Crippen LogP contribution in [0.15, 0.2) is 48.8 Å². The first-order valence-electron chi connectivity index (χ1n) is 8.55. The lowest BCUT2D eigenvalue weighted by Gasteiger charge is -2.12. The van der Waals surface area contributed by atoms with Gasteiger partial charge in [0.2, 0.25) is 0 Å². The summed E-state index contributed by atoms with van der Waals surface area (Å²) in [7, 11) is 0. The molecule has 26 heavy (non-hydrogen) atoms. The van der Waals surface area contributed by atoms with E-state index < -0.39 is 0 Å². The Labute approximate surface area is 153 Å². The topological polar surface area (TPSA) is 85.8 Å². The molecule has 0 fully saturated rings. The zero-order valence-electron chi connectivity index (χ0n) is 15.2. The van der Waals surface area contributed by atoms with Crippen LogP contribution >= 0.6 is 0 Å². The Kier molecular flexibility index (Phi) is 5.02. The maximum Gasteiger partial charge on any atom is 0.254 e. The molecule has 0 aliphatic heterocycles. The smallest absolute Gasteiger partial charge is 0.254 e. The van der Waals surface area contributed by atoms with E-state index in [1.165, 1.54) is 0 Å². The highest BCUT2D eigenvalue weighted by Crippen LogP contribution is 2.17. The van der Waals surface area contributed by atoms with Gasteiger partial charge in [-0.3, -0.25) is 9.48 Å². The van der Waals surface area contributed by atoms with Crippen molar-refractivity contribution in [2.75, 3.05) is 5.73 Å². The van der Waals surface area contributed by atoms with Crippen LogP contribution in [0.2, 0.25) is 0 Å². The van der Waals surface area contributed by atoms with Gasteiger partial charge in [0.25, 0.3) is 5.91 Å². The van der Waals surface area contributed by atoms with Crippen molar-refractivity contribution in [3.8, 4) is 0 Å². The molecule has 0 saturated heterocycles. The monoisotopic (exact) mass is 349 g/mol. The van der Waals surface area contributed by atoms with E-state index in [-0.39, 0.29) is 11.9 Å². The van der Waals surface area contributed by atoms with Gasteiger partial charge in [-0.05, 0) is 43.5 Å². The fourth-order valence-electron chi connectivity index (χ4n) is 2.98. The fraction of sp³-hybridized carbons (Fsp3) is 0.250. The Balaban J connectivity index is 1.69. The van der Waals surface area contributed by atoms with Gasteiger partial charge in [0.1, 0.15) is 5.82 Å². The van der Waals surface area contributed by atoms with Crippen LogP contribution in [0, 0.1) is 13.8 Å². The van der Waals surface area contributed by atoms with Gasteiger partial charge >= 0.3 is 0 Å². The van der Waals surface area contributed by atoms with Crippen molar-refractivity contribution in [1.82, 2.24) is 20.1 Å². The number of aryl methyl sites for hydroxylation is 2. The number of rotatable bonds is 5. The first kappa shape index (κ1) is 17.7. The molecule has 134 valence electrons. The highest BCUT2D eigenvalue weighted by Gasteiger charge is 2.14. The van der Waals surface area contributed by atoms with Crippen LogP contribution < -0.4 is 11.1 Å². The number of carbonyl (C=O) groups is 1. The van der Waals surface area contributed by atoms with E-state index in [0.717, 1.165) is 22.4 Å². The standard InChI is InChI=1S/C20H23N5O/c1-13-9-19(21)24-14(2)18(13)11-22-20(26)17-10-23-25(12-17)15(3)16-7-5-4-6-8-16/h4-10,12,15H,11H2,1-3H3,(H2,21,24)(H,22,26). The third-order valence-corrected chi connectivity index (χ3v) is 4.54. The number of pyridine rings is 1. The minimum Gasteiger partial charge on any atom is -0.384 e. The maximum absolute atomic E-state index is 12.5. The van der Waals surface area contributed by atoms with Gasteiger partial charge in [0, 0.05) is 18.4 Å². The number of benzene rings is 1. The quantitative estimate of drug-likeness (QED) is 0.741. The Morgan fingerprint density at radius 1 is 1.27 bits per heavy atom. The van der Waals surface area contributed by atoms with Crippen molar-refractivity contribution >= 4 is 11.7 Å². The van der Waals surface area contributed by atoms with Gasteiger partial charge in [-0.2, -0.15) is 5.10 Å². The molecule has 0 aliphatic carbocycles. The van der Waals surface area contributed by atoms with Gasteiger partial charge in [-0.25, -0.2) is 4.98 Å². The molecule has 3 rings (SSSR count). The molecule has 6 nitrogen and oxygen atoms in total. The molecule has 1 unspecified atom stereocenters. The summed E-state index contributed by atoms with van der Waals surface area (Å²) in [5.74, 6) is 0.332. The summed E-state index contributed by atoms with van der Waals surface area (Å²) in [6.07, 6.45) is 3.36. The lowest BCUT2D eigenvalue weighted by Crippen LogP contribution is -2.23. The molecule has 0 radical (unpaired) electrons. The second-order valence-electron chi connectivity index (χ2n) is 6.41. The van der Waals surface area contributed by atoms with Crippen LogP contribution in [0.1, 0.15) is 45.7 Å². The summed E-state index contributed by atoms with van der Waals surface area (Å²) in [5, 5.41) is 7.28. The van der Waals surface area contributed by atoms with E-state index in [9.17, 15) is 4.79 Å². The second-order valence-corrected chi connectivity index (χ2v) is 6.41. The molecule has 1 atom stereocenters. The number of anilines is 1. The van der Waals surface area contributed by atoms with E-state index in [2.05, 4.69) is 22.3 Å². The molecular formula is C20H23N5O. The van der Waals surface area contributed by atoms with Crippen molar-refractivity contribution in [3.05, 3.63) is 76.7 Å². The van der Waals surface area contributed by atoms with Crippen molar-refractivity contribution in [2.24, 2.45) is 0 Å². The zero-order chi connectivity index (χ0) is 18.7. The molecule has 1 amide bonds. The minimum absolute atomic E-state index is 0.0588. The number of nitrogens with one attached hydrogen (secondary N) is 1. The van der Waals surface area contributed by atoms with E-state index in [1.807, 2.05) is 50.2 Å². The van der Waals surface area contributed by atoms with Crippen LogP contribution in [-0.2, 0) is 6.54 Å². The van der Waals surface area contributed by atoms with Gasteiger partial charge in [0.15, 0.2) is 0 Å². The molecule has 3 N–H and O–H groups in total. The lowest BCUT2D eigenvalue weighted by atomic mass is 10.1. The molecule has 0 spiro atoms. The third kappa shape index (κ3) is 3.74. The molecule has 0 aliphatic rings. The van der Waals surface area contributed by atoms with Gasteiger partial charge < -0.3 is 11.1 Å². The number of hydrogen-bond acceptors (Lipinski definition) is 4. The number of nitrogens with two attached hydrogens (primary N) is 1. The molecule has 1 aromatic carbocycles. The van der Waals surface area contributed by atoms with Gasteiger partial charge in [0.05, 0.1) is 17.8 Å². The predicted molar refractivity (Wildman–Crippen MR) is 102 cm³/mol. The van der Waals surface area contributed by atoms with Crippen LogP contribution in [-0.4, -0.2) is 20.7 Å². The zero-order valence-corrected chi connectivity index (χ0v) is 15.2. The van der Waals surface area contributed by atoms with Crippen LogP contribution in [0.25, 0.3) is 0 Å². The number of nitrogen functional groups attached to an aromatic ring is 1. The summed E-state index contributed by atoms with van der Waals surface area (Å²) < 4.78 is 1.80. The maximum atomic E-state index is 12.5. The van der Waals surface area contributed by atoms with Crippen molar-refractivity contribution in [3.63, 3.8) is 0 Å². The first-order valence-corrected chi connectivity index (χ1v) is 8.55. The number of amides is 1. The summed E-state index contributed by atoms with van der Waals surface area (Å²) >= 11 is 0. The number of nitrogens with zero attached hydrogens (tertiary/aromatic N) is 3. The van der Waals surface area contributed by atoms with E-state index in [1.54, 1.807) is 17.1 Å². The van der Waals surface area contributed by atoms with Crippen molar-refractivity contribution < 1.29 is 4.79 Å². The summed E-state index contributed by atoms with van der Waals surface area (Å²) in [5.41, 5.74) is 10.3. The number of hydrogen-bond donors (Lipinski definition) is 2. The Morgan fingerprint density at radius 3 is 2.69 bits per heavy atom. The molecule has 2 aromatic heterocycles. The Morgan fingerprint density at radius 2 is 2.00 bits per heavy atom. The lowest BCUT2D eigenvalue weighted by molar-refractivity contribution is 0.0950. The number of carbonyl (C=O) groups excluding carboxylic acids is 1. The molecule has 3 aromatic rings.